The average Bonchev–Trinajstić information content (AvgIpc) is 2.67. The third-order valence-electron chi connectivity index (χ3n) is 5.36. The predicted molar refractivity (Wildman–Crippen MR) is 76.6 cm³/mol. The van der Waals surface area contributed by atoms with Gasteiger partial charge in [0.1, 0.15) is 5.75 Å². The number of hydrogen-bond acceptors (Lipinski definition) is 4. The molecule has 4 saturated heterocycles. The molecule has 4 aliphatic rings. The molecule has 20 heavy (non-hydrogen) atoms. The molecule has 108 valence electrons. The number of aliphatic hydroxyl groups is 1. The maximum atomic E-state index is 10.8. The number of rotatable bonds is 2. The summed E-state index contributed by atoms with van der Waals surface area (Å²) < 4.78 is 0. The lowest BCUT2D eigenvalue weighted by molar-refractivity contribution is -0.116. The quantitative estimate of drug-likeness (QED) is 0.826. The van der Waals surface area contributed by atoms with E-state index in [1.54, 1.807) is 12.1 Å². The van der Waals surface area contributed by atoms with Crippen molar-refractivity contribution in [3.05, 3.63) is 29.8 Å². The fourth-order valence-electron chi connectivity index (χ4n) is 4.54. The summed E-state index contributed by atoms with van der Waals surface area (Å²) in [6, 6.07) is 7.47. The van der Waals surface area contributed by atoms with Crippen molar-refractivity contribution in [2.24, 2.45) is 11.3 Å². The minimum atomic E-state index is -0.193. The Morgan fingerprint density at radius 3 is 2.25 bits per heavy atom. The Bertz CT molecular complexity index is 486. The molecular formula is C16H22N2O2. The van der Waals surface area contributed by atoms with E-state index in [9.17, 15) is 10.2 Å². The first-order valence-corrected chi connectivity index (χ1v) is 7.55. The highest BCUT2D eigenvalue weighted by molar-refractivity contribution is 5.27. The molecule has 0 saturated carbocycles. The fourth-order valence-corrected chi connectivity index (χ4v) is 4.54. The summed E-state index contributed by atoms with van der Waals surface area (Å²) in [6.07, 6.45) is 0.708. The standard InChI is InChI=1S/C16H22N2O2/c19-14-3-1-12(2-4-14)7-16-10-17-5-6-18(11-16)9-13(8-17)15(16)20/h1-4,13,15,19-20H,5-11H2. The molecule has 3 unspecified atom stereocenters. The van der Waals surface area contributed by atoms with E-state index in [2.05, 4.69) is 9.80 Å². The van der Waals surface area contributed by atoms with Gasteiger partial charge in [0.25, 0.3) is 0 Å². The highest BCUT2D eigenvalue weighted by atomic mass is 16.3. The summed E-state index contributed by atoms with van der Waals surface area (Å²) in [7, 11) is 0. The topological polar surface area (TPSA) is 46.9 Å². The first-order valence-electron chi connectivity index (χ1n) is 7.55. The van der Waals surface area contributed by atoms with E-state index in [0.29, 0.717) is 11.7 Å². The highest BCUT2D eigenvalue weighted by Crippen LogP contribution is 2.43. The van der Waals surface area contributed by atoms with Crippen molar-refractivity contribution in [1.29, 1.82) is 0 Å². The number of nitrogens with zero attached hydrogens (tertiary/aromatic N) is 2. The van der Waals surface area contributed by atoms with Gasteiger partial charge >= 0.3 is 0 Å². The number of piperidine rings is 2. The number of benzene rings is 1. The Labute approximate surface area is 119 Å². The van der Waals surface area contributed by atoms with Crippen molar-refractivity contribution in [2.45, 2.75) is 12.5 Å². The van der Waals surface area contributed by atoms with Crippen LogP contribution in [0.1, 0.15) is 5.56 Å². The van der Waals surface area contributed by atoms with Crippen LogP contribution in [-0.2, 0) is 6.42 Å². The summed E-state index contributed by atoms with van der Waals surface area (Å²) in [5.74, 6) is 0.710. The number of aromatic hydroxyl groups is 1. The van der Waals surface area contributed by atoms with Crippen LogP contribution in [0, 0.1) is 11.3 Å². The van der Waals surface area contributed by atoms with Crippen LogP contribution in [-0.4, -0.2) is 65.4 Å². The number of fused-ring (bicyclic) bond motifs is 1. The van der Waals surface area contributed by atoms with Crippen LogP contribution in [0.15, 0.2) is 24.3 Å². The van der Waals surface area contributed by atoms with Gasteiger partial charge in [-0.3, -0.25) is 0 Å². The molecule has 0 spiro atoms. The van der Waals surface area contributed by atoms with Gasteiger partial charge in [0.15, 0.2) is 0 Å². The molecule has 5 rings (SSSR count). The summed E-state index contributed by atoms with van der Waals surface area (Å²) in [5, 5.41) is 20.2. The maximum absolute atomic E-state index is 10.8. The highest BCUT2D eigenvalue weighted by Gasteiger charge is 2.53. The predicted octanol–water partition coefficient (Wildman–Crippen LogP) is 0.543. The van der Waals surface area contributed by atoms with E-state index in [1.807, 2.05) is 12.1 Å². The van der Waals surface area contributed by atoms with Crippen LogP contribution in [0.5, 0.6) is 5.75 Å². The van der Waals surface area contributed by atoms with Gasteiger partial charge in [0.2, 0.25) is 0 Å². The fraction of sp³-hybridized carbons (Fsp3) is 0.625. The zero-order valence-electron chi connectivity index (χ0n) is 11.7. The molecule has 4 nitrogen and oxygen atoms in total. The summed E-state index contributed by atoms with van der Waals surface area (Å²) in [4.78, 5) is 5.07. The number of phenolic OH excluding ortho intramolecular Hbond substituents is 1. The van der Waals surface area contributed by atoms with Crippen LogP contribution in [0.3, 0.4) is 0 Å². The maximum Gasteiger partial charge on any atom is 0.115 e. The second-order valence-electron chi connectivity index (χ2n) is 6.88. The van der Waals surface area contributed by atoms with Crippen LogP contribution in [0.4, 0.5) is 0 Å². The van der Waals surface area contributed by atoms with Crippen LogP contribution < -0.4 is 0 Å². The van der Waals surface area contributed by atoms with Gasteiger partial charge in [-0.1, -0.05) is 12.1 Å². The van der Waals surface area contributed by atoms with Gasteiger partial charge in [-0.05, 0) is 24.1 Å². The first-order chi connectivity index (χ1) is 9.64. The van der Waals surface area contributed by atoms with E-state index in [4.69, 9.17) is 0 Å². The molecule has 0 aromatic heterocycles. The molecule has 4 heteroatoms. The Balaban J connectivity index is 1.65. The summed E-state index contributed by atoms with van der Waals surface area (Å²) in [6.45, 7) is 6.38. The molecule has 2 N–H and O–H groups in total. The molecule has 0 aliphatic carbocycles. The lowest BCUT2D eigenvalue weighted by Gasteiger charge is -2.53. The third-order valence-corrected chi connectivity index (χ3v) is 5.36. The summed E-state index contributed by atoms with van der Waals surface area (Å²) >= 11 is 0. The lowest BCUT2D eigenvalue weighted by atomic mass is 9.67. The molecule has 0 radical (unpaired) electrons. The van der Waals surface area contributed by atoms with Gasteiger partial charge in [-0.25, -0.2) is 0 Å². The van der Waals surface area contributed by atoms with E-state index in [1.165, 1.54) is 5.56 Å². The van der Waals surface area contributed by atoms with Crippen molar-refractivity contribution in [3.63, 3.8) is 0 Å². The molecule has 0 amide bonds. The molecule has 1 aromatic rings. The SMILES string of the molecule is Oc1ccc(CC23CN4CCN(CC(C4)C2O)C3)cc1. The lowest BCUT2D eigenvalue weighted by Crippen LogP contribution is -2.64. The van der Waals surface area contributed by atoms with Crippen molar-refractivity contribution in [3.8, 4) is 5.75 Å². The molecule has 4 fully saturated rings. The van der Waals surface area contributed by atoms with Crippen LogP contribution >= 0.6 is 0 Å². The second-order valence-corrected chi connectivity index (χ2v) is 6.88. The Morgan fingerprint density at radius 2 is 1.65 bits per heavy atom. The van der Waals surface area contributed by atoms with E-state index in [0.717, 1.165) is 45.7 Å². The van der Waals surface area contributed by atoms with Crippen LogP contribution in [0.2, 0.25) is 0 Å². The zero-order valence-corrected chi connectivity index (χ0v) is 11.7. The molecule has 4 bridgehead atoms. The van der Waals surface area contributed by atoms with Gasteiger partial charge in [-0.2, -0.15) is 0 Å². The first kappa shape index (κ1) is 12.6. The number of hydrogen-bond donors (Lipinski definition) is 2. The molecule has 1 aromatic carbocycles. The number of phenols is 1. The van der Waals surface area contributed by atoms with Gasteiger partial charge in [0, 0.05) is 50.6 Å². The minimum absolute atomic E-state index is 0.0331. The van der Waals surface area contributed by atoms with Gasteiger partial charge < -0.3 is 20.0 Å². The summed E-state index contributed by atoms with van der Waals surface area (Å²) in [5.41, 5.74) is 1.18. The average molecular weight is 274 g/mol. The van der Waals surface area contributed by atoms with Crippen molar-refractivity contribution in [2.75, 3.05) is 39.3 Å². The van der Waals surface area contributed by atoms with E-state index >= 15 is 0 Å². The minimum Gasteiger partial charge on any atom is -0.508 e. The van der Waals surface area contributed by atoms with Gasteiger partial charge in [-0.15, -0.1) is 0 Å². The second kappa shape index (κ2) is 4.45. The Morgan fingerprint density at radius 1 is 1.05 bits per heavy atom. The monoisotopic (exact) mass is 274 g/mol. The van der Waals surface area contributed by atoms with Crippen molar-refractivity contribution in [1.82, 2.24) is 9.80 Å². The van der Waals surface area contributed by atoms with Gasteiger partial charge in [0.05, 0.1) is 6.10 Å². The van der Waals surface area contributed by atoms with Crippen LogP contribution in [0.25, 0.3) is 0 Å². The van der Waals surface area contributed by atoms with Crippen molar-refractivity contribution < 1.29 is 10.2 Å². The smallest absolute Gasteiger partial charge is 0.115 e. The molecule has 3 atom stereocenters. The third kappa shape index (κ3) is 1.94. The normalized spacial score (nSPS) is 42.6. The molecular weight excluding hydrogens is 252 g/mol. The van der Waals surface area contributed by atoms with E-state index in [-0.39, 0.29) is 11.5 Å². The molecule has 4 heterocycles. The number of aliphatic hydroxyl groups excluding tert-OH is 1. The Hall–Kier alpha value is -1.10. The Kier molecular flexibility index (Phi) is 2.81. The van der Waals surface area contributed by atoms with Crippen molar-refractivity contribution >= 4 is 0 Å². The zero-order chi connectivity index (χ0) is 13.7. The van der Waals surface area contributed by atoms with E-state index < -0.39 is 0 Å². The largest absolute Gasteiger partial charge is 0.508 e. The molecule has 4 aliphatic heterocycles.